The zero-order chi connectivity index (χ0) is 21.7. The van der Waals surface area contributed by atoms with Crippen molar-refractivity contribution in [2.45, 2.75) is 6.04 Å². The lowest BCUT2D eigenvalue weighted by Gasteiger charge is -2.40. The lowest BCUT2D eigenvalue weighted by Crippen LogP contribution is -2.57. The van der Waals surface area contributed by atoms with Gasteiger partial charge in [-0.3, -0.25) is 9.36 Å². The number of hydrogen-bond donors (Lipinski definition) is 3. The van der Waals surface area contributed by atoms with Crippen molar-refractivity contribution in [2.75, 3.05) is 30.8 Å². The molecule has 4 rings (SSSR count). The Bertz CT molecular complexity index is 1250. The number of aromatic carboxylic acids is 1. The smallest absolute Gasteiger partial charge is 0.341 e. The lowest BCUT2D eigenvalue weighted by atomic mass is 10.1. The molecule has 0 saturated carbocycles. The van der Waals surface area contributed by atoms with Gasteiger partial charge in [-0.1, -0.05) is 0 Å². The molecule has 0 unspecified atom stereocenters. The second-order valence-corrected chi connectivity index (χ2v) is 6.93. The number of carboxylic acids is 1. The van der Waals surface area contributed by atoms with Gasteiger partial charge in [0.05, 0.1) is 16.8 Å². The normalized spacial score (nSPS) is 14.2. The minimum atomic E-state index is -1.59. The largest absolute Gasteiger partial charge is 0.477 e. The van der Waals surface area contributed by atoms with Crippen molar-refractivity contribution >= 4 is 28.5 Å². The molecule has 2 aromatic heterocycles. The molecule has 0 atom stereocenters. The van der Waals surface area contributed by atoms with Gasteiger partial charge in [-0.25, -0.2) is 22.9 Å². The maximum atomic E-state index is 14.7. The van der Waals surface area contributed by atoms with Gasteiger partial charge in [-0.2, -0.15) is 0 Å². The van der Waals surface area contributed by atoms with Crippen LogP contribution in [0.5, 0.6) is 0 Å². The molecule has 1 aromatic carbocycles. The number of aromatic nitrogens is 2. The Labute approximate surface area is 167 Å². The van der Waals surface area contributed by atoms with Crippen molar-refractivity contribution < 1.29 is 23.1 Å². The summed E-state index contributed by atoms with van der Waals surface area (Å²) < 4.78 is 43.8. The number of nitrogens with one attached hydrogen (secondary N) is 1. The molecule has 1 saturated heterocycles. The number of likely N-dealkylation sites (N-methyl/N-ethyl adjacent to an activating group) is 1. The van der Waals surface area contributed by atoms with Crippen molar-refractivity contribution in [3.63, 3.8) is 0 Å². The highest BCUT2D eigenvalue weighted by Gasteiger charge is 2.30. The Morgan fingerprint density at radius 1 is 1.20 bits per heavy atom. The number of anilines is 2. The van der Waals surface area contributed by atoms with E-state index >= 15 is 0 Å². The van der Waals surface area contributed by atoms with Crippen LogP contribution in [0.1, 0.15) is 10.4 Å². The maximum Gasteiger partial charge on any atom is 0.341 e. The standard InChI is InChI=1S/C19H16F3N5O3/c1-24-8-5-26(6-8)18-13(22)2-9-16(28)10(19(29)30)7-27(17(9)25-18)15-4-14(23)11(20)3-12(15)21/h2-4,7-8,24H,5-6,23H2,1H3,(H,29,30). The molecule has 1 aliphatic rings. The molecule has 30 heavy (non-hydrogen) atoms. The molecule has 8 nitrogen and oxygen atoms in total. The second kappa shape index (κ2) is 7.02. The third kappa shape index (κ3) is 3.03. The summed E-state index contributed by atoms with van der Waals surface area (Å²) in [4.78, 5) is 29.9. The highest BCUT2D eigenvalue weighted by molar-refractivity contribution is 5.92. The second-order valence-electron chi connectivity index (χ2n) is 6.93. The van der Waals surface area contributed by atoms with Crippen LogP contribution in [0.2, 0.25) is 0 Å². The minimum Gasteiger partial charge on any atom is -0.477 e. The van der Waals surface area contributed by atoms with Gasteiger partial charge in [0.25, 0.3) is 0 Å². The van der Waals surface area contributed by atoms with Gasteiger partial charge >= 0.3 is 5.97 Å². The van der Waals surface area contributed by atoms with E-state index in [0.29, 0.717) is 19.2 Å². The van der Waals surface area contributed by atoms with E-state index in [9.17, 15) is 27.9 Å². The summed E-state index contributed by atoms with van der Waals surface area (Å²) in [6.07, 6.45) is 0.865. The lowest BCUT2D eigenvalue weighted by molar-refractivity contribution is 0.0695. The van der Waals surface area contributed by atoms with Crippen LogP contribution in [0.4, 0.5) is 24.7 Å². The average molecular weight is 419 g/mol. The van der Waals surface area contributed by atoms with Gasteiger partial charge in [-0.15, -0.1) is 0 Å². The molecule has 156 valence electrons. The highest BCUT2D eigenvalue weighted by Crippen LogP contribution is 2.28. The van der Waals surface area contributed by atoms with E-state index in [1.54, 1.807) is 11.9 Å². The monoisotopic (exact) mass is 419 g/mol. The van der Waals surface area contributed by atoms with Crippen LogP contribution in [0.25, 0.3) is 16.7 Å². The van der Waals surface area contributed by atoms with Crippen molar-refractivity contribution in [3.8, 4) is 5.69 Å². The van der Waals surface area contributed by atoms with Gasteiger partial charge in [-0.05, 0) is 19.2 Å². The van der Waals surface area contributed by atoms with E-state index in [4.69, 9.17) is 5.73 Å². The zero-order valence-electron chi connectivity index (χ0n) is 15.6. The predicted molar refractivity (Wildman–Crippen MR) is 104 cm³/mol. The van der Waals surface area contributed by atoms with Gasteiger partial charge in [0.1, 0.15) is 17.2 Å². The minimum absolute atomic E-state index is 0.0688. The Kier molecular flexibility index (Phi) is 4.61. The number of nitrogen functional groups attached to an aromatic ring is 1. The van der Waals surface area contributed by atoms with E-state index in [1.807, 2.05) is 0 Å². The Morgan fingerprint density at radius 3 is 2.53 bits per heavy atom. The van der Waals surface area contributed by atoms with E-state index < -0.39 is 40.1 Å². The Hall–Kier alpha value is -3.60. The van der Waals surface area contributed by atoms with Gasteiger partial charge in [0, 0.05) is 31.4 Å². The predicted octanol–water partition coefficient (Wildman–Crippen LogP) is 1.49. The quantitative estimate of drug-likeness (QED) is 0.549. The van der Waals surface area contributed by atoms with Crippen LogP contribution in [-0.4, -0.2) is 46.8 Å². The number of hydrogen-bond acceptors (Lipinski definition) is 6. The first-order valence-corrected chi connectivity index (χ1v) is 8.87. The summed E-state index contributed by atoms with van der Waals surface area (Å²) in [6, 6.07) is 2.49. The molecule has 0 amide bonds. The van der Waals surface area contributed by atoms with E-state index in [2.05, 4.69) is 10.3 Å². The number of carbonyl (C=O) groups is 1. The number of carboxylic acid groups (broad SMARTS) is 1. The fourth-order valence-electron chi connectivity index (χ4n) is 3.34. The average Bonchev–Trinajstić information content (AvgIpc) is 2.65. The van der Waals surface area contributed by atoms with Crippen molar-refractivity contribution in [1.29, 1.82) is 0 Å². The third-order valence-electron chi connectivity index (χ3n) is 5.06. The Balaban J connectivity index is 2.03. The topological polar surface area (TPSA) is 113 Å². The number of benzene rings is 1. The molecular weight excluding hydrogens is 403 g/mol. The summed E-state index contributed by atoms with van der Waals surface area (Å²) in [7, 11) is 1.76. The van der Waals surface area contributed by atoms with Crippen molar-refractivity contribution in [1.82, 2.24) is 14.9 Å². The molecule has 1 fully saturated rings. The number of fused-ring (bicyclic) bond motifs is 1. The number of nitrogens with two attached hydrogens (primary N) is 1. The fraction of sp³-hybridized carbons (Fsp3) is 0.211. The number of nitrogens with zero attached hydrogens (tertiary/aromatic N) is 3. The molecule has 1 aliphatic heterocycles. The molecule has 0 aliphatic carbocycles. The first-order chi connectivity index (χ1) is 14.2. The Morgan fingerprint density at radius 2 is 1.90 bits per heavy atom. The summed E-state index contributed by atoms with van der Waals surface area (Å²) in [5, 5.41) is 12.0. The third-order valence-corrected chi connectivity index (χ3v) is 5.06. The van der Waals surface area contributed by atoms with Crippen LogP contribution in [0.3, 0.4) is 0 Å². The molecule has 4 N–H and O–H groups in total. The van der Waals surface area contributed by atoms with E-state index in [0.717, 1.165) is 22.9 Å². The van der Waals surface area contributed by atoms with Crippen molar-refractivity contribution in [3.05, 3.63) is 57.6 Å². The molecule has 3 heterocycles. The highest BCUT2D eigenvalue weighted by atomic mass is 19.1. The van der Waals surface area contributed by atoms with Crippen LogP contribution in [0.15, 0.2) is 29.2 Å². The van der Waals surface area contributed by atoms with E-state index in [1.165, 1.54) is 0 Å². The number of pyridine rings is 2. The fourth-order valence-corrected chi connectivity index (χ4v) is 3.34. The van der Waals surface area contributed by atoms with Crippen LogP contribution >= 0.6 is 0 Å². The maximum absolute atomic E-state index is 14.7. The summed E-state index contributed by atoms with van der Waals surface area (Å²) in [5.74, 6) is -4.54. The summed E-state index contributed by atoms with van der Waals surface area (Å²) in [6.45, 7) is 0.919. The zero-order valence-corrected chi connectivity index (χ0v) is 15.6. The SMILES string of the molecule is CNC1CN(c2nc3c(cc2F)c(=O)c(C(=O)O)cn3-c2cc(N)c(F)cc2F)C1. The molecule has 0 radical (unpaired) electrons. The molecule has 0 spiro atoms. The first-order valence-electron chi connectivity index (χ1n) is 8.87. The number of rotatable bonds is 4. The molecule has 11 heteroatoms. The van der Waals surface area contributed by atoms with E-state index in [-0.39, 0.29) is 28.6 Å². The van der Waals surface area contributed by atoms with Crippen LogP contribution in [0, 0.1) is 17.5 Å². The summed E-state index contributed by atoms with van der Waals surface area (Å²) in [5.41, 5.74) is 2.93. The molecular formula is C19H16F3N5O3. The summed E-state index contributed by atoms with van der Waals surface area (Å²) >= 11 is 0. The first kappa shape index (κ1) is 19.7. The van der Waals surface area contributed by atoms with Crippen LogP contribution in [-0.2, 0) is 0 Å². The van der Waals surface area contributed by atoms with Gasteiger partial charge < -0.3 is 21.1 Å². The molecule has 3 aromatic rings. The van der Waals surface area contributed by atoms with Gasteiger partial charge in [0.15, 0.2) is 17.3 Å². The number of halogens is 3. The van der Waals surface area contributed by atoms with Crippen molar-refractivity contribution in [2.24, 2.45) is 0 Å². The van der Waals surface area contributed by atoms with Gasteiger partial charge in [0.2, 0.25) is 5.43 Å². The van der Waals surface area contributed by atoms with Crippen LogP contribution < -0.4 is 21.4 Å². The molecule has 0 bridgehead atoms.